The lowest BCUT2D eigenvalue weighted by atomic mass is 10.2. The van der Waals surface area contributed by atoms with Crippen molar-refractivity contribution in [2.75, 3.05) is 11.5 Å². The van der Waals surface area contributed by atoms with Gasteiger partial charge in [0.15, 0.2) is 0 Å². The molecule has 0 saturated carbocycles. The van der Waals surface area contributed by atoms with Crippen LogP contribution in [0.25, 0.3) is 0 Å². The molecule has 0 rings (SSSR count). The second-order valence-corrected chi connectivity index (χ2v) is 4.03. The number of hydrogen-bond donors (Lipinski definition) is 2. The zero-order valence-corrected chi connectivity index (χ0v) is 7.26. The van der Waals surface area contributed by atoms with Gasteiger partial charge in [0.05, 0.1) is 0 Å². The zero-order valence-electron chi connectivity index (χ0n) is 6.45. The number of hydrogen-bond acceptors (Lipinski definition) is 3. The van der Waals surface area contributed by atoms with E-state index in [1.54, 1.807) is 6.92 Å². The van der Waals surface area contributed by atoms with Crippen LogP contribution in [-0.4, -0.2) is 32.8 Å². The zero-order chi connectivity index (χ0) is 8.85. The molecule has 0 spiro atoms. The first-order valence-electron chi connectivity index (χ1n) is 3.41. The van der Waals surface area contributed by atoms with Gasteiger partial charge in [-0.15, -0.1) is 0 Å². The van der Waals surface area contributed by atoms with Crippen LogP contribution in [0.3, 0.4) is 0 Å². The number of nitrogens with two attached hydrogens (primary N) is 1. The molecule has 0 aliphatic carbocycles. The van der Waals surface area contributed by atoms with Gasteiger partial charge in [0.1, 0.15) is 6.04 Å². The van der Waals surface area contributed by atoms with Crippen LogP contribution in [0.2, 0.25) is 0 Å². The van der Waals surface area contributed by atoms with Crippen molar-refractivity contribution in [1.29, 1.82) is 0 Å². The minimum absolute atomic E-state index is 0.287. The number of carboxylic acid groups (broad SMARTS) is 1. The van der Waals surface area contributed by atoms with Gasteiger partial charge >= 0.3 is 5.97 Å². The van der Waals surface area contributed by atoms with Gasteiger partial charge in [0.25, 0.3) is 0 Å². The number of carbonyl (C=O) groups is 1. The average molecular weight is 179 g/mol. The van der Waals surface area contributed by atoms with Crippen molar-refractivity contribution in [3.05, 3.63) is 0 Å². The Bertz CT molecular complexity index is 160. The highest BCUT2D eigenvalue weighted by molar-refractivity contribution is 7.84. The van der Waals surface area contributed by atoms with Crippen molar-refractivity contribution in [3.8, 4) is 0 Å². The van der Waals surface area contributed by atoms with Gasteiger partial charge in [0.2, 0.25) is 0 Å². The van der Waals surface area contributed by atoms with Crippen molar-refractivity contribution in [1.82, 2.24) is 0 Å². The molecule has 0 aromatic carbocycles. The number of rotatable bonds is 5. The van der Waals surface area contributed by atoms with E-state index < -0.39 is 22.8 Å². The summed E-state index contributed by atoms with van der Waals surface area (Å²) in [5, 5.41) is 8.34. The quantitative estimate of drug-likeness (QED) is 0.599. The van der Waals surface area contributed by atoms with E-state index in [1.807, 2.05) is 0 Å². The molecular weight excluding hydrogens is 166 g/mol. The molecule has 0 radical (unpaired) electrons. The third-order valence-corrected chi connectivity index (χ3v) is 2.63. The Kier molecular flexibility index (Phi) is 5.06. The van der Waals surface area contributed by atoms with Crippen LogP contribution in [0, 0.1) is 0 Å². The molecule has 66 valence electrons. The molecule has 11 heavy (non-hydrogen) atoms. The summed E-state index contributed by atoms with van der Waals surface area (Å²) in [6, 6.07) is -0.870. The fourth-order valence-electron chi connectivity index (χ4n) is 0.526. The molecule has 0 aliphatic heterocycles. The van der Waals surface area contributed by atoms with Gasteiger partial charge in [-0.05, 0) is 6.42 Å². The van der Waals surface area contributed by atoms with E-state index in [-0.39, 0.29) is 6.42 Å². The maximum atomic E-state index is 10.8. The van der Waals surface area contributed by atoms with E-state index in [2.05, 4.69) is 0 Å². The van der Waals surface area contributed by atoms with Crippen LogP contribution < -0.4 is 5.73 Å². The molecule has 0 fully saturated rings. The van der Waals surface area contributed by atoms with Crippen LogP contribution in [0.15, 0.2) is 0 Å². The van der Waals surface area contributed by atoms with Gasteiger partial charge in [0, 0.05) is 22.3 Å². The monoisotopic (exact) mass is 179 g/mol. The molecule has 0 bridgehead atoms. The molecule has 0 aromatic heterocycles. The average Bonchev–Trinajstić information content (AvgIpc) is 1.99. The van der Waals surface area contributed by atoms with Gasteiger partial charge in [-0.1, -0.05) is 6.92 Å². The van der Waals surface area contributed by atoms with Crippen LogP contribution in [0.4, 0.5) is 0 Å². The Morgan fingerprint density at radius 2 is 2.27 bits per heavy atom. The number of carboxylic acids is 1. The summed E-state index contributed by atoms with van der Waals surface area (Å²) < 4.78 is 10.8. The summed E-state index contributed by atoms with van der Waals surface area (Å²) in [6.45, 7) is 1.79. The molecule has 5 heteroatoms. The summed E-state index contributed by atoms with van der Waals surface area (Å²) in [4.78, 5) is 10.2. The van der Waals surface area contributed by atoms with E-state index in [1.165, 1.54) is 0 Å². The minimum Gasteiger partial charge on any atom is -0.480 e. The Morgan fingerprint density at radius 3 is 2.64 bits per heavy atom. The highest BCUT2D eigenvalue weighted by Gasteiger charge is 2.11. The lowest BCUT2D eigenvalue weighted by molar-refractivity contribution is -0.138. The first-order chi connectivity index (χ1) is 5.07. The van der Waals surface area contributed by atoms with Crippen molar-refractivity contribution in [3.63, 3.8) is 0 Å². The fraction of sp³-hybridized carbons (Fsp3) is 0.833. The van der Waals surface area contributed by atoms with E-state index in [4.69, 9.17) is 10.8 Å². The Morgan fingerprint density at radius 1 is 1.73 bits per heavy atom. The topological polar surface area (TPSA) is 80.4 Å². The summed E-state index contributed by atoms with van der Waals surface area (Å²) in [5.41, 5.74) is 5.19. The third kappa shape index (κ3) is 4.92. The Balaban J connectivity index is 3.54. The number of aliphatic carboxylic acids is 1. The Labute approximate surface area is 68.2 Å². The Hall–Kier alpha value is -0.420. The molecule has 0 aromatic rings. The first kappa shape index (κ1) is 10.6. The van der Waals surface area contributed by atoms with E-state index in [0.717, 1.165) is 0 Å². The molecule has 4 nitrogen and oxygen atoms in total. The SMILES string of the molecule is CC[S@](=O)CC[C@H](N)C(=O)O. The highest BCUT2D eigenvalue weighted by Crippen LogP contribution is 1.92. The molecule has 0 amide bonds. The normalized spacial score (nSPS) is 15.8. The van der Waals surface area contributed by atoms with Crippen molar-refractivity contribution < 1.29 is 14.1 Å². The molecule has 2 atom stereocenters. The van der Waals surface area contributed by atoms with Gasteiger partial charge in [-0.25, -0.2) is 0 Å². The summed E-state index contributed by atoms with van der Waals surface area (Å²) in [5.74, 6) is -0.0888. The minimum atomic E-state index is -1.03. The third-order valence-electron chi connectivity index (χ3n) is 1.30. The lowest BCUT2D eigenvalue weighted by Gasteiger charge is -2.03. The predicted molar refractivity (Wildman–Crippen MR) is 43.8 cm³/mol. The fourth-order valence-corrected chi connectivity index (χ4v) is 1.33. The summed E-state index contributed by atoms with van der Waals surface area (Å²) in [7, 11) is -0.907. The van der Waals surface area contributed by atoms with Crippen LogP contribution in [0.5, 0.6) is 0 Å². The van der Waals surface area contributed by atoms with E-state index in [9.17, 15) is 9.00 Å². The molecule has 0 aliphatic rings. The molecular formula is C6H13NO3S. The lowest BCUT2D eigenvalue weighted by Crippen LogP contribution is -2.31. The van der Waals surface area contributed by atoms with Crippen molar-refractivity contribution >= 4 is 16.8 Å². The molecule has 3 N–H and O–H groups in total. The van der Waals surface area contributed by atoms with E-state index >= 15 is 0 Å². The van der Waals surface area contributed by atoms with Crippen molar-refractivity contribution in [2.45, 2.75) is 19.4 Å². The molecule has 0 saturated heterocycles. The van der Waals surface area contributed by atoms with Crippen LogP contribution >= 0.6 is 0 Å². The largest absolute Gasteiger partial charge is 0.480 e. The summed E-state index contributed by atoms with van der Waals surface area (Å²) >= 11 is 0. The van der Waals surface area contributed by atoms with E-state index in [0.29, 0.717) is 11.5 Å². The maximum Gasteiger partial charge on any atom is 0.320 e. The predicted octanol–water partition coefficient (Wildman–Crippen LogP) is -0.443. The van der Waals surface area contributed by atoms with Gasteiger partial charge in [-0.3, -0.25) is 9.00 Å². The molecule has 0 heterocycles. The highest BCUT2D eigenvalue weighted by atomic mass is 32.2. The maximum absolute atomic E-state index is 10.8. The second kappa shape index (κ2) is 5.26. The van der Waals surface area contributed by atoms with Crippen LogP contribution in [-0.2, 0) is 15.6 Å². The van der Waals surface area contributed by atoms with Gasteiger partial charge in [-0.2, -0.15) is 0 Å². The van der Waals surface area contributed by atoms with Gasteiger partial charge < -0.3 is 10.8 Å². The molecule has 0 unspecified atom stereocenters. The first-order valence-corrected chi connectivity index (χ1v) is 4.90. The summed E-state index contributed by atoms with van der Waals surface area (Å²) in [6.07, 6.45) is 0.287. The smallest absolute Gasteiger partial charge is 0.320 e. The van der Waals surface area contributed by atoms with Crippen LogP contribution in [0.1, 0.15) is 13.3 Å². The van der Waals surface area contributed by atoms with Crippen molar-refractivity contribution in [2.24, 2.45) is 5.73 Å². The second-order valence-electron chi connectivity index (χ2n) is 2.17. The standard InChI is InChI=1S/C6H13NO3S/c1-2-11(10)4-3-5(7)6(8)9/h5H,2-4,7H2,1H3,(H,8,9)/t5-,11-/m0/s1.